The Bertz CT molecular complexity index is 88.9. The van der Waals surface area contributed by atoms with Gasteiger partial charge in [0.15, 0.2) is 12.9 Å². The van der Waals surface area contributed by atoms with Crippen LogP contribution >= 0.6 is 0 Å². The number of cyclic esters (lactones) is 1. The lowest BCUT2D eigenvalue weighted by Gasteiger charge is -1.87. The van der Waals surface area contributed by atoms with Crippen LogP contribution < -0.4 is 0 Å². The summed E-state index contributed by atoms with van der Waals surface area (Å²) in [6.07, 6.45) is -0.347. The van der Waals surface area contributed by atoms with E-state index in [1.807, 2.05) is 0 Å². The molecule has 3 heteroatoms. The minimum atomic E-state index is -0.347. The Morgan fingerprint density at radius 3 is 2.71 bits per heavy atom. The molecule has 1 atom stereocenters. The first-order chi connectivity index (χ1) is 3.30. The zero-order chi connectivity index (χ0) is 5.28. The van der Waals surface area contributed by atoms with Crippen LogP contribution in [0.3, 0.4) is 0 Å². The molecule has 1 heterocycles. The third kappa shape index (κ3) is 0.718. The molecule has 1 aliphatic heterocycles. The van der Waals surface area contributed by atoms with Crippen LogP contribution in [0.25, 0.3) is 0 Å². The molecule has 3 nitrogen and oxygen atoms in total. The first-order valence-electron chi connectivity index (χ1n) is 2.09. The minimum Gasteiger partial charge on any atom is -0.437 e. The normalized spacial score (nSPS) is 30.4. The third-order valence-corrected chi connectivity index (χ3v) is 0.851. The molecule has 0 radical (unpaired) electrons. The van der Waals surface area contributed by atoms with E-state index >= 15 is 0 Å². The van der Waals surface area contributed by atoms with Gasteiger partial charge >= 0.3 is 5.97 Å². The maximum Gasteiger partial charge on any atom is 0.337 e. The topological polar surface area (TPSA) is 35.5 Å². The van der Waals surface area contributed by atoms with E-state index in [2.05, 4.69) is 4.74 Å². The lowest BCUT2D eigenvalue weighted by atomic mass is 10.4. The van der Waals surface area contributed by atoms with Crippen molar-refractivity contribution in [1.82, 2.24) is 0 Å². The smallest absolute Gasteiger partial charge is 0.337 e. The first kappa shape index (κ1) is 4.59. The van der Waals surface area contributed by atoms with Crippen molar-refractivity contribution in [1.29, 1.82) is 0 Å². The van der Waals surface area contributed by atoms with Gasteiger partial charge in [-0.05, 0) is 6.92 Å². The Labute approximate surface area is 41.2 Å². The number of carbonyl (C=O) groups excluding carboxylic acids is 1. The van der Waals surface area contributed by atoms with Gasteiger partial charge in [-0.25, -0.2) is 4.79 Å². The maximum absolute atomic E-state index is 10.2. The van der Waals surface area contributed by atoms with Gasteiger partial charge in [-0.1, -0.05) is 0 Å². The van der Waals surface area contributed by atoms with Gasteiger partial charge in [-0.2, -0.15) is 0 Å². The van der Waals surface area contributed by atoms with Crippen LogP contribution in [0.1, 0.15) is 6.92 Å². The number of ether oxygens (including phenoxy) is 2. The van der Waals surface area contributed by atoms with E-state index in [1.165, 1.54) is 0 Å². The molecule has 0 spiro atoms. The zero-order valence-corrected chi connectivity index (χ0v) is 4.01. The van der Waals surface area contributed by atoms with Gasteiger partial charge in [0.25, 0.3) is 0 Å². The molecule has 0 N–H and O–H groups in total. The molecular formula is C4H6O3. The van der Waals surface area contributed by atoms with Crippen LogP contribution in [0.15, 0.2) is 0 Å². The molecule has 7 heavy (non-hydrogen) atoms. The monoisotopic (exact) mass is 102 g/mol. The standard InChI is InChI=1S/C4H6O3/c1-3-4(5)7-2-6-3/h3H,2H2,1H3/t3-/m0/s1. The van der Waals surface area contributed by atoms with E-state index in [4.69, 9.17) is 4.74 Å². The molecule has 0 bridgehead atoms. The highest BCUT2D eigenvalue weighted by atomic mass is 16.7. The van der Waals surface area contributed by atoms with Crippen LogP contribution in [0, 0.1) is 0 Å². The predicted molar refractivity (Wildman–Crippen MR) is 21.5 cm³/mol. The largest absolute Gasteiger partial charge is 0.437 e. The maximum atomic E-state index is 10.2. The van der Waals surface area contributed by atoms with E-state index in [1.54, 1.807) is 6.92 Å². The van der Waals surface area contributed by atoms with Crippen LogP contribution in [0.2, 0.25) is 0 Å². The Hall–Kier alpha value is -0.570. The Morgan fingerprint density at radius 2 is 2.57 bits per heavy atom. The van der Waals surface area contributed by atoms with Crippen molar-refractivity contribution in [2.24, 2.45) is 0 Å². The van der Waals surface area contributed by atoms with Crippen molar-refractivity contribution in [3.63, 3.8) is 0 Å². The van der Waals surface area contributed by atoms with Gasteiger partial charge in [0, 0.05) is 0 Å². The number of rotatable bonds is 0. The second kappa shape index (κ2) is 1.50. The summed E-state index contributed by atoms with van der Waals surface area (Å²) < 4.78 is 9.10. The molecule has 0 unspecified atom stereocenters. The number of hydrogen-bond donors (Lipinski definition) is 0. The Balaban J connectivity index is 2.48. The van der Waals surface area contributed by atoms with Gasteiger partial charge in [0.05, 0.1) is 0 Å². The van der Waals surface area contributed by atoms with E-state index in [-0.39, 0.29) is 18.9 Å². The third-order valence-electron chi connectivity index (χ3n) is 0.851. The molecule has 0 aromatic rings. The summed E-state index contributed by atoms with van der Waals surface area (Å²) in [4.78, 5) is 10.2. The molecule has 1 saturated heterocycles. The fourth-order valence-corrected chi connectivity index (χ4v) is 0.380. The van der Waals surface area contributed by atoms with Gasteiger partial charge in [0.1, 0.15) is 0 Å². The molecule has 1 rings (SSSR count). The summed E-state index contributed by atoms with van der Waals surface area (Å²) in [5.41, 5.74) is 0. The summed E-state index contributed by atoms with van der Waals surface area (Å²) in [6, 6.07) is 0. The fraction of sp³-hybridized carbons (Fsp3) is 0.750. The summed E-state index contributed by atoms with van der Waals surface area (Å²) >= 11 is 0. The average molecular weight is 102 g/mol. The highest BCUT2D eigenvalue weighted by Crippen LogP contribution is 2.01. The molecule has 1 aliphatic rings. The predicted octanol–water partition coefficient (Wildman–Crippen LogP) is -0.0942. The van der Waals surface area contributed by atoms with Crippen molar-refractivity contribution < 1.29 is 14.3 Å². The molecule has 0 aliphatic carbocycles. The summed E-state index contributed by atoms with van der Waals surface area (Å²) in [5, 5.41) is 0. The number of hydrogen-bond acceptors (Lipinski definition) is 3. The van der Waals surface area contributed by atoms with Crippen LogP contribution in [-0.2, 0) is 14.3 Å². The second-order valence-electron chi connectivity index (χ2n) is 1.39. The Morgan fingerprint density at radius 1 is 1.86 bits per heavy atom. The molecule has 0 saturated carbocycles. The number of carbonyl (C=O) groups is 1. The zero-order valence-electron chi connectivity index (χ0n) is 4.01. The van der Waals surface area contributed by atoms with Crippen molar-refractivity contribution in [3.8, 4) is 0 Å². The molecule has 0 aromatic heterocycles. The summed E-state index contributed by atoms with van der Waals surface area (Å²) in [6.45, 7) is 1.79. The first-order valence-corrected chi connectivity index (χ1v) is 2.09. The Kier molecular flexibility index (Phi) is 0.982. The van der Waals surface area contributed by atoms with Crippen molar-refractivity contribution in [2.45, 2.75) is 13.0 Å². The van der Waals surface area contributed by atoms with E-state index < -0.39 is 0 Å². The van der Waals surface area contributed by atoms with Gasteiger partial charge in [-0.3, -0.25) is 0 Å². The highest BCUT2D eigenvalue weighted by Gasteiger charge is 2.21. The molecule has 0 amide bonds. The van der Waals surface area contributed by atoms with E-state index in [9.17, 15) is 4.79 Å². The average Bonchev–Trinajstić information content (AvgIpc) is 1.91. The van der Waals surface area contributed by atoms with Crippen LogP contribution in [0.5, 0.6) is 0 Å². The number of esters is 1. The second-order valence-corrected chi connectivity index (χ2v) is 1.39. The summed E-state index contributed by atoms with van der Waals surface area (Å²) in [5.74, 6) is -0.264. The van der Waals surface area contributed by atoms with Crippen LogP contribution in [-0.4, -0.2) is 18.9 Å². The van der Waals surface area contributed by atoms with E-state index in [0.717, 1.165) is 0 Å². The minimum absolute atomic E-state index is 0.125. The van der Waals surface area contributed by atoms with Crippen LogP contribution in [0.4, 0.5) is 0 Å². The highest BCUT2D eigenvalue weighted by molar-refractivity contribution is 5.75. The summed E-state index contributed by atoms with van der Waals surface area (Å²) in [7, 11) is 0. The van der Waals surface area contributed by atoms with Crippen molar-refractivity contribution in [3.05, 3.63) is 0 Å². The van der Waals surface area contributed by atoms with Crippen molar-refractivity contribution in [2.75, 3.05) is 6.79 Å². The lowest BCUT2D eigenvalue weighted by Crippen LogP contribution is -2.09. The van der Waals surface area contributed by atoms with Gasteiger partial charge < -0.3 is 9.47 Å². The molecule has 0 aromatic carbocycles. The van der Waals surface area contributed by atoms with Crippen molar-refractivity contribution >= 4 is 5.97 Å². The molecular weight excluding hydrogens is 96.0 g/mol. The molecule has 40 valence electrons. The quantitative estimate of drug-likeness (QED) is 0.401. The van der Waals surface area contributed by atoms with E-state index in [0.29, 0.717) is 0 Å². The SMILES string of the molecule is C[C@@H]1OCOC1=O. The fourth-order valence-electron chi connectivity index (χ4n) is 0.380. The van der Waals surface area contributed by atoms with Gasteiger partial charge in [-0.15, -0.1) is 0 Å². The molecule has 1 fully saturated rings. The lowest BCUT2D eigenvalue weighted by molar-refractivity contribution is -0.138. The van der Waals surface area contributed by atoms with Gasteiger partial charge in [0.2, 0.25) is 0 Å².